The molecule has 0 spiro atoms. The van der Waals surface area contributed by atoms with Crippen LogP contribution < -0.4 is 16.0 Å². The van der Waals surface area contributed by atoms with Crippen molar-refractivity contribution in [2.75, 3.05) is 44.9 Å². The molecule has 0 atom stereocenters. The summed E-state index contributed by atoms with van der Waals surface area (Å²) in [4.78, 5) is 27.7. The Bertz CT molecular complexity index is 514. The zero-order valence-corrected chi connectivity index (χ0v) is 13.1. The summed E-state index contributed by atoms with van der Waals surface area (Å²) >= 11 is 0. The summed E-state index contributed by atoms with van der Waals surface area (Å²) in [5.41, 5.74) is 7.62. The van der Waals surface area contributed by atoms with Crippen molar-refractivity contribution < 1.29 is 9.59 Å². The number of hydrogen-bond acceptors (Lipinski definition) is 4. The standard InChI is InChI=1S/C15H24N4O2/c1-5-8-19(10-14(20)17-2)15(21)12-9-11(16)6-7-13(12)18(3)4/h6-7,9H,5,8,10,16H2,1-4H3,(H,17,20). The van der Waals surface area contributed by atoms with Crippen molar-refractivity contribution in [2.24, 2.45) is 0 Å². The van der Waals surface area contributed by atoms with Crippen molar-refractivity contribution >= 4 is 23.2 Å². The molecule has 0 aromatic heterocycles. The number of nitrogens with two attached hydrogens (primary N) is 1. The normalized spacial score (nSPS) is 10.1. The molecule has 6 heteroatoms. The molecule has 0 radical (unpaired) electrons. The molecule has 1 rings (SSSR count). The van der Waals surface area contributed by atoms with Crippen LogP contribution in [0.25, 0.3) is 0 Å². The van der Waals surface area contributed by atoms with Crippen molar-refractivity contribution in [1.82, 2.24) is 10.2 Å². The van der Waals surface area contributed by atoms with Gasteiger partial charge in [0.2, 0.25) is 5.91 Å². The molecule has 0 saturated heterocycles. The Morgan fingerprint density at radius 3 is 2.48 bits per heavy atom. The zero-order chi connectivity index (χ0) is 16.0. The fraction of sp³-hybridized carbons (Fsp3) is 0.467. The van der Waals surface area contributed by atoms with Crippen LogP contribution in [0.5, 0.6) is 0 Å². The molecule has 0 heterocycles. The van der Waals surface area contributed by atoms with Gasteiger partial charge in [-0.3, -0.25) is 9.59 Å². The number of carbonyl (C=O) groups is 2. The zero-order valence-electron chi connectivity index (χ0n) is 13.1. The third-order valence-corrected chi connectivity index (χ3v) is 3.13. The third-order valence-electron chi connectivity index (χ3n) is 3.13. The highest BCUT2D eigenvalue weighted by molar-refractivity contribution is 6.02. The van der Waals surface area contributed by atoms with E-state index >= 15 is 0 Å². The maximum Gasteiger partial charge on any atom is 0.256 e. The van der Waals surface area contributed by atoms with Gasteiger partial charge in [-0.15, -0.1) is 0 Å². The van der Waals surface area contributed by atoms with Gasteiger partial charge in [-0.05, 0) is 24.6 Å². The summed E-state index contributed by atoms with van der Waals surface area (Å²) in [7, 11) is 5.29. The molecule has 6 nitrogen and oxygen atoms in total. The van der Waals surface area contributed by atoms with Crippen LogP contribution in [0, 0.1) is 0 Å². The van der Waals surface area contributed by atoms with E-state index in [1.807, 2.05) is 32.0 Å². The Balaban J connectivity index is 3.13. The van der Waals surface area contributed by atoms with Crippen LogP contribution in [-0.2, 0) is 4.79 Å². The van der Waals surface area contributed by atoms with Crippen LogP contribution in [0.4, 0.5) is 11.4 Å². The van der Waals surface area contributed by atoms with Crippen LogP contribution in [0.1, 0.15) is 23.7 Å². The summed E-state index contributed by atoms with van der Waals surface area (Å²) in [6.07, 6.45) is 0.780. The van der Waals surface area contributed by atoms with Gasteiger partial charge in [-0.25, -0.2) is 0 Å². The van der Waals surface area contributed by atoms with E-state index in [0.29, 0.717) is 17.8 Å². The van der Waals surface area contributed by atoms with Gasteiger partial charge < -0.3 is 20.9 Å². The predicted octanol–water partition coefficient (Wildman–Crippen LogP) is 0.933. The summed E-state index contributed by atoms with van der Waals surface area (Å²) in [6, 6.07) is 5.23. The molecule has 116 valence electrons. The highest BCUT2D eigenvalue weighted by Gasteiger charge is 2.21. The van der Waals surface area contributed by atoms with Crippen LogP contribution in [0.2, 0.25) is 0 Å². The Hall–Kier alpha value is -2.24. The molecule has 2 amide bonds. The van der Waals surface area contributed by atoms with Gasteiger partial charge in [-0.1, -0.05) is 6.92 Å². The number of amides is 2. The second kappa shape index (κ2) is 7.52. The number of nitrogen functional groups attached to an aromatic ring is 1. The minimum atomic E-state index is -0.188. The molecule has 1 aromatic rings. The van der Waals surface area contributed by atoms with Gasteiger partial charge in [0.15, 0.2) is 0 Å². The van der Waals surface area contributed by atoms with Gasteiger partial charge in [0.25, 0.3) is 5.91 Å². The molecule has 0 unspecified atom stereocenters. The highest BCUT2D eigenvalue weighted by Crippen LogP contribution is 2.23. The Morgan fingerprint density at radius 2 is 1.95 bits per heavy atom. The number of carbonyl (C=O) groups excluding carboxylic acids is 2. The van der Waals surface area contributed by atoms with Crippen LogP contribution in [0.15, 0.2) is 18.2 Å². The molecule has 0 aliphatic rings. The van der Waals surface area contributed by atoms with E-state index in [2.05, 4.69) is 5.32 Å². The quantitative estimate of drug-likeness (QED) is 0.765. The number of benzene rings is 1. The fourth-order valence-electron chi connectivity index (χ4n) is 2.06. The second-order valence-corrected chi connectivity index (χ2v) is 5.07. The minimum absolute atomic E-state index is 0.0465. The van der Waals surface area contributed by atoms with Gasteiger partial charge in [0.1, 0.15) is 0 Å². The molecule has 0 bridgehead atoms. The third kappa shape index (κ3) is 4.37. The number of hydrogen-bond donors (Lipinski definition) is 2. The maximum absolute atomic E-state index is 12.7. The molecular weight excluding hydrogens is 268 g/mol. The topological polar surface area (TPSA) is 78.7 Å². The molecule has 0 aliphatic heterocycles. The van der Waals surface area contributed by atoms with Gasteiger partial charge in [0, 0.05) is 39.1 Å². The molecular formula is C15H24N4O2. The average Bonchev–Trinajstić information content (AvgIpc) is 2.45. The number of nitrogens with one attached hydrogen (secondary N) is 1. The lowest BCUT2D eigenvalue weighted by Gasteiger charge is -2.24. The summed E-state index contributed by atoms with van der Waals surface area (Å²) < 4.78 is 0. The van der Waals surface area contributed by atoms with Gasteiger partial charge in [-0.2, -0.15) is 0 Å². The first-order valence-corrected chi connectivity index (χ1v) is 6.97. The largest absolute Gasteiger partial charge is 0.399 e. The Labute approximate surface area is 125 Å². The van der Waals surface area contributed by atoms with Crippen molar-refractivity contribution in [3.05, 3.63) is 23.8 Å². The van der Waals surface area contributed by atoms with Crippen LogP contribution >= 0.6 is 0 Å². The molecule has 0 saturated carbocycles. The number of anilines is 2. The molecule has 3 N–H and O–H groups in total. The SMILES string of the molecule is CCCN(CC(=O)NC)C(=O)c1cc(N)ccc1N(C)C. The first-order chi connectivity index (χ1) is 9.90. The van der Waals surface area contributed by atoms with Crippen molar-refractivity contribution in [2.45, 2.75) is 13.3 Å². The van der Waals surface area contributed by atoms with E-state index in [0.717, 1.165) is 12.1 Å². The lowest BCUT2D eigenvalue weighted by atomic mass is 10.1. The Morgan fingerprint density at radius 1 is 1.29 bits per heavy atom. The van der Waals surface area contributed by atoms with Crippen LogP contribution in [-0.4, -0.2) is 50.9 Å². The summed E-state index contributed by atoms with van der Waals surface area (Å²) in [5.74, 6) is -0.372. The molecule has 21 heavy (non-hydrogen) atoms. The maximum atomic E-state index is 12.7. The molecule has 1 aromatic carbocycles. The van der Waals surface area contributed by atoms with Crippen molar-refractivity contribution in [1.29, 1.82) is 0 Å². The van der Waals surface area contributed by atoms with E-state index in [1.54, 1.807) is 24.1 Å². The smallest absolute Gasteiger partial charge is 0.256 e. The molecule has 0 aliphatic carbocycles. The van der Waals surface area contributed by atoms with E-state index in [4.69, 9.17) is 5.73 Å². The predicted molar refractivity (Wildman–Crippen MR) is 85.4 cm³/mol. The monoisotopic (exact) mass is 292 g/mol. The minimum Gasteiger partial charge on any atom is -0.399 e. The van der Waals surface area contributed by atoms with Crippen molar-refractivity contribution in [3.63, 3.8) is 0 Å². The highest BCUT2D eigenvalue weighted by atomic mass is 16.2. The second-order valence-electron chi connectivity index (χ2n) is 5.07. The van der Waals surface area contributed by atoms with Gasteiger partial charge in [0.05, 0.1) is 12.1 Å². The number of nitrogens with zero attached hydrogens (tertiary/aromatic N) is 2. The van der Waals surface area contributed by atoms with Gasteiger partial charge >= 0.3 is 0 Å². The fourth-order valence-corrected chi connectivity index (χ4v) is 2.06. The summed E-state index contributed by atoms with van der Waals surface area (Å²) in [5, 5.41) is 2.54. The molecule has 0 fully saturated rings. The van der Waals surface area contributed by atoms with E-state index in [-0.39, 0.29) is 18.4 Å². The van der Waals surface area contributed by atoms with Crippen molar-refractivity contribution in [3.8, 4) is 0 Å². The van der Waals surface area contributed by atoms with Crippen LogP contribution in [0.3, 0.4) is 0 Å². The lowest BCUT2D eigenvalue weighted by Crippen LogP contribution is -2.40. The summed E-state index contributed by atoms with van der Waals surface area (Å²) in [6.45, 7) is 2.54. The van der Waals surface area contributed by atoms with E-state index < -0.39 is 0 Å². The number of rotatable bonds is 6. The Kier molecular flexibility index (Phi) is 6.02. The first kappa shape index (κ1) is 16.8. The first-order valence-electron chi connectivity index (χ1n) is 6.97. The van der Waals surface area contributed by atoms with E-state index in [9.17, 15) is 9.59 Å². The lowest BCUT2D eigenvalue weighted by molar-refractivity contribution is -0.121. The number of likely N-dealkylation sites (N-methyl/N-ethyl adjacent to an activating group) is 1. The van der Waals surface area contributed by atoms with E-state index in [1.165, 1.54) is 0 Å². The average molecular weight is 292 g/mol.